The molecule has 1 N–H and O–H groups in total. The number of ether oxygens (including phenoxy) is 1. The SMILES string of the molecule is Cc1nc(CN2CCC3(CC2)CN(Cc2ccccn2)C(=O)CCO3)n[nH]1. The average molecular weight is 370 g/mol. The Kier molecular flexibility index (Phi) is 5.18. The molecule has 0 saturated carbocycles. The van der Waals surface area contributed by atoms with E-state index in [2.05, 4.69) is 25.1 Å². The number of likely N-dealkylation sites (tertiary alicyclic amines) is 1. The molecule has 2 saturated heterocycles. The van der Waals surface area contributed by atoms with Gasteiger partial charge in [-0.1, -0.05) is 6.07 Å². The van der Waals surface area contributed by atoms with Crippen molar-refractivity contribution in [1.29, 1.82) is 0 Å². The van der Waals surface area contributed by atoms with E-state index in [9.17, 15) is 4.79 Å². The molecule has 27 heavy (non-hydrogen) atoms. The molecule has 0 bridgehead atoms. The normalized spacial score (nSPS) is 20.8. The van der Waals surface area contributed by atoms with Crippen molar-refractivity contribution in [2.45, 2.75) is 44.9 Å². The number of amides is 1. The summed E-state index contributed by atoms with van der Waals surface area (Å²) in [7, 11) is 0. The second-order valence-corrected chi connectivity index (χ2v) is 7.47. The van der Waals surface area contributed by atoms with Crippen molar-refractivity contribution < 1.29 is 9.53 Å². The zero-order valence-corrected chi connectivity index (χ0v) is 15.7. The maximum absolute atomic E-state index is 12.5. The van der Waals surface area contributed by atoms with Gasteiger partial charge >= 0.3 is 0 Å². The lowest BCUT2D eigenvalue weighted by Crippen LogP contribution is -2.51. The summed E-state index contributed by atoms with van der Waals surface area (Å²) in [5.74, 6) is 1.82. The number of aromatic nitrogens is 4. The number of piperidine rings is 1. The fourth-order valence-corrected chi connectivity index (χ4v) is 3.91. The van der Waals surface area contributed by atoms with Crippen molar-refractivity contribution in [3.8, 4) is 0 Å². The third kappa shape index (κ3) is 4.33. The number of hydrogen-bond donors (Lipinski definition) is 1. The van der Waals surface area contributed by atoms with Crippen molar-refractivity contribution in [2.24, 2.45) is 0 Å². The van der Waals surface area contributed by atoms with Gasteiger partial charge in [-0.3, -0.25) is 19.8 Å². The maximum Gasteiger partial charge on any atom is 0.225 e. The smallest absolute Gasteiger partial charge is 0.225 e. The molecule has 0 unspecified atom stereocenters. The van der Waals surface area contributed by atoms with Gasteiger partial charge in [-0.05, 0) is 31.9 Å². The standard InChI is InChI=1S/C19H26N6O2/c1-15-21-17(23-22-15)13-24-9-6-19(7-10-24)14-25(18(26)5-11-27-19)12-16-4-2-3-8-20-16/h2-4,8H,5-7,9-14H2,1H3,(H,21,22,23). The van der Waals surface area contributed by atoms with Crippen LogP contribution in [0.5, 0.6) is 0 Å². The van der Waals surface area contributed by atoms with Crippen LogP contribution in [0, 0.1) is 6.92 Å². The van der Waals surface area contributed by atoms with E-state index in [4.69, 9.17) is 4.74 Å². The summed E-state index contributed by atoms with van der Waals surface area (Å²) in [5, 5.41) is 7.12. The van der Waals surface area contributed by atoms with E-state index in [0.29, 0.717) is 26.1 Å². The Bertz CT molecular complexity index is 770. The first-order valence-electron chi connectivity index (χ1n) is 9.54. The molecule has 0 aromatic carbocycles. The van der Waals surface area contributed by atoms with E-state index < -0.39 is 0 Å². The summed E-state index contributed by atoms with van der Waals surface area (Å²) in [4.78, 5) is 25.6. The van der Waals surface area contributed by atoms with Crippen LogP contribution >= 0.6 is 0 Å². The summed E-state index contributed by atoms with van der Waals surface area (Å²) in [5.41, 5.74) is 0.659. The molecule has 2 aliphatic heterocycles. The van der Waals surface area contributed by atoms with Crippen LogP contribution in [0.2, 0.25) is 0 Å². The molecule has 8 nitrogen and oxygen atoms in total. The molecule has 2 aromatic heterocycles. The first-order valence-corrected chi connectivity index (χ1v) is 9.54. The number of carbonyl (C=O) groups excluding carboxylic acids is 1. The molecule has 0 radical (unpaired) electrons. The summed E-state index contributed by atoms with van der Waals surface area (Å²) in [6.07, 6.45) is 4.02. The summed E-state index contributed by atoms with van der Waals surface area (Å²) < 4.78 is 6.23. The molecule has 0 atom stereocenters. The zero-order chi connectivity index (χ0) is 18.7. The zero-order valence-electron chi connectivity index (χ0n) is 15.7. The highest BCUT2D eigenvalue weighted by atomic mass is 16.5. The Morgan fingerprint density at radius 1 is 1.26 bits per heavy atom. The Morgan fingerprint density at radius 2 is 2.11 bits per heavy atom. The molecule has 4 heterocycles. The number of nitrogens with one attached hydrogen (secondary N) is 1. The number of aromatic amines is 1. The van der Waals surface area contributed by atoms with Gasteiger partial charge in [0, 0.05) is 19.3 Å². The van der Waals surface area contributed by atoms with Crippen LogP contribution in [-0.4, -0.2) is 67.7 Å². The lowest BCUT2D eigenvalue weighted by Gasteiger charge is -2.42. The van der Waals surface area contributed by atoms with Crippen LogP contribution in [0.15, 0.2) is 24.4 Å². The highest BCUT2D eigenvalue weighted by Crippen LogP contribution is 2.31. The van der Waals surface area contributed by atoms with E-state index in [-0.39, 0.29) is 11.5 Å². The molecule has 2 aromatic rings. The quantitative estimate of drug-likeness (QED) is 0.873. The van der Waals surface area contributed by atoms with Crippen LogP contribution in [0.4, 0.5) is 0 Å². The Balaban J connectivity index is 1.39. The van der Waals surface area contributed by atoms with Gasteiger partial charge < -0.3 is 9.64 Å². The first kappa shape index (κ1) is 18.1. The predicted molar refractivity (Wildman–Crippen MR) is 98.6 cm³/mol. The molecular weight excluding hydrogens is 344 g/mol. The lowest BCUT2D eigenvalue weighted by atomic mass is 9.90. The van der Waals surface area contributed by atoms with Gasteiger partial charge in [0.25, 0.3) is 0 Å². The van der Waals surface area contributed by atoms with Gasteiger partial charge in [0.15, 0.2) is 5.82 Å². The minimum Gasteiger partial charge on any atom is -0.373 e. The van der Waals surface area contributed by atoms with Crippen molar-refractivity contribution in [3.63, 3.8) is 0 Å². The van der Waals surface area contributed by atoms with Crippen LogP contribution < -0.4 is 0 Å². The van der Waals surface area contributed by atoms with Gasteiger partial charge in [-0.2, -0.15) is 5.10 Å². The van der Waals surface area contributed by atoms with Crippen LogP contribution in [-0.2, 0) is 22.6 Å². The van der Waals surface area contributed by atoms with Gasteiger partial charge in [-0.15, -0.1) is 0 Å². The molecule has 8 heteroatoms. The largest absolute Gasteiger partial charge is 0.373 e. The molecule has 2 aliphatic rings. The monoisotopic (exact) mass is 370 g/mol. The van der Waals surface area contributed by atoms with Gasteiger partial charge in [0.1, 0.15) is 5.82 Å². The summed E-state index contributed by atoms with van der Waals surface area (Å²) in [6.45, 7) is 6.17. The fraction of sp³-hybridized carbons (Fsp3) is 0.579. The van der Waals surface area contributed by atoms with Crippen molar-refractivity contribution in [1.82, 2.24) is 30.0 Å². The number of aryl methyl sites for hydroxylation is 1. The fourth-order valence-electron chi connectivity index (χ4n) is 3.91. The number of pyridine rings is 1. The molecule has 1 spiro atoms. The number of H-pyrrole nitrogens is 1. The number of rotatable bonds is 4. The van der Waals surface area contributed by atoms with E-state index in [1.807, 2.05) is 30.0 Å². The summed E-state index contributed by atoms with van der Waals surface area (Å²) >= 11 is 0. The minimum atomic E-state index is -0.258. The Labute approximate surface area is 158 Å². The molecule has 144 valence electrons. The van der Waals surface area contributed by atoms with Gasteiger partial charge in [0.05, 0.1) is 44.0 Å². The molecule has 0 aliphatic carbocycles. The highest BCUT2D eigenvalue weighted by molar-refractivity contribution is 5.76. The van der Waals surface area contributed by atoms with Gasteiger partial charge in [0.2, 0.25) is 5.91 Å². The highest BCUT2D eigenvalue weighted by Gasteiger charge is 2.40. The minimum absolute atomic E-state index is 0.149. The molecular formula is C19H26N6O2. The molecule has 1 amide bonds. The van der Waals surface area contributed by atoms with Crippen molar-refractivity contribution in [3.05, 3.63) is 41.7 Å². The third-order valence-electron chi connectivity index (χ3n) is 5.41. The van der Waals surface area contributed by atoms with Crippen LogP contribution in [0.1, 0.15) is 36.6 Å². The molecule has 4 rings (SSSR count). The number of hydrogen-bond acceptors (Lipinski definition) is 6. The predicted octanol–water partition coefficient (Wildman–Crippen LogP) is 1.29. The van der Waals surface area contributed by atoms with E-state index in [0.717, 1.165) is 49.8 Å². The number of nitrogens with zero attached hydrogens (tertiary/aromatic N) is 5. The van der Waals surface area contributed by atoms with Crippen molar-refractivity contribution >= 4 is 5.91 Å². The lowest BCUT2D eigenvalue weighted by molar-refractivity contribution is -0.132. The first-order chi connectivity index (χ1) is 13.1. The van der Waals surface area contributed by atoms with E-state index in [1.165, 1.54) is 0 Å². The van der Waals surface area contributed by atoms with E-state index >= 15 is 0 Å². The second-order valence-electron chi connectivity index (χ2n) is 7.47. The summed E-state index contributed by atoms with van der Waals surface area (Å²) in [6, 6.07) is 5.82. The second kappa shape index (κ2) is 7.74. The average Bonchev–Trinajstić information content (AvgIpc) is 3.02. The van der Waals surface area contributed by atoms with Crippen molar-refractivity contribution in [2.75, 3.05) is 26.2 Å². The maximum atomic E-state index is 12.5. The molecule has 2 fully saturated rings. The van der Waals surface area contributed by atoms with Gasteiger partial charge in [-0.25, -0.2) is 4.98 Å². The van der Waals surface area contributed by atoms with Crippen LogP contribution in [0.25, 0.3) is 0 Å². The van der Waals surface area contributed by atoms with E-state index in [1.54, 1.807) is 6.20 Å². The van der Waals surface area contributed by atoms with Crippen LogP contribution in [0.3, 0.4) is 0 Å². The Morgan fingerprint density at radius 3 is 2.81 bits per heavy atom. The topological polar surface area (TPSA) is 87.2 Å². The number of carbonyl (C=O) groups is 1. The third-order valence-corrected chi connectivity index (χ3v) is 5.41. The Hall–Kier alpha value is -2.32.